The fourth-order valence-electron chi connectivity index (χ4n) is 0.758. The number of esters is 1. The predicted molar refractivity (Wildman–Crippen MR) is 43.3 cm³/mol. The molecule has 0 fully saturated rings. The average molecular weight is 200 g/mol. The van der Waals surface area contributed by atoms with Crippen molar-refractivity contribution in [3.8, 4) is 0 Å². The van der Waals surface area contributed by atoms with Crippen LogP contribution in [0, 0.1) is 0 Å². The molecule has 0 aromatic carbocycles. The van der Waals surface area contributed by atoms with Crippen LogP contribution in [0.3, 0.4) is 0 Å². The van der Waals surface area contributed by atoms with Crippen LogP contribution < -0.4 is 51.4 Å². The number of aliphatic hydroxyl groups excluding tert-OH is 1. The largest absolute Gasteiger partial charge is 1.00 e. The second-order valence-electron chi connectivity index (χ2n) is 2.68. The number of carbonyl (C=O) groups is 1. The maximum absolute atomic E-state index is 10.3. The second kappa shape index (κ2) is 10.1. The Labute approximate surface area is 118 Å². The van der Waals surface area contributed by atoms with Crippen LogP contribution in [0.15, 0.2) is 0 Å². The molecule has 1 N–H and O–H groups in total. The maximum Gasteiger partial charge on any atom is 1.00 e. The van der Waals surface area contributed by atoms with E-state index in [1.807, 2.05) is 0 Å². The van der Waals surface area contributed by atoms with E-state index in [9.17, 15) is 4.79 Å². The number of hydrogen-bond acceptors (Lipinski definition) is 3. The molecule has 12 heavy (non-hydrogen) atoms. The van der Waals surface area contributed by atoms with Gasteiger partial charge in [-0.3, -0.25) is 4.79 Å². The summed E-state index contributed by atoms with van der Waals surface area (Å²) in [4.78, 5) is 10.3. The Kier molecular flexibility index (Phi) is 13.1. The monoisotopic (exact) mass is 200 g/mol. The topological polar surface area (TPSA) is 46.5 Å². The number of unbranched alkanes of at least 4 members (excludes halogenated alkanes) is 1. The zero-order valence-corrected chi connectivity index (χ0v) is 11.3. The van der Waals surface area contributed by atoms with Crippen LogP contribution in [0.25, 0.3) is 0 Å². The molecule has 0 aliphatic carbocycles. The summed E-state index contributed by atoms with van der Waals surface area (Å²) < 4.78 is 4.70. The first-order valence-corrected chi connectivity index (χ1v) is 3.94. The van der Waals surface area contributed by atoms with Crippen LogP contribution in [0.2, 0.25) is 0 Å². The van der Waals surface area contributed by atoms with Crippen LogP contribution in [0.4, 0.5) is 0 Å². The van der Waals surface area contributed by atoms with E-state index >= 15 is 0 Å². The molecule has 0 saturated heterocycles. The van der Waals surface area contributed by atoms with Gasteiger partial charge in [0.15, 0.2) is 0 Å². The van der Waals surface area contributed by atoms with Crippen molar-refractivity contribution in [2.24, 2.45) is 0 Å². The molecule has 0 aromatic heterocycles. The van der Waals surface area contributed by atoms with Crippen molar-refractivity contribution < 1.29 is 67.4 Å². The zero-order valence-electron chi connectivity index (χ0n) is 9.17. The molecule has 4 heteroatoms. The fourth-order valence-corrected chi connectivity index (χ4v) is 0.758. The number of rotatable bonds is 5. The van der Waals surface area contributed by atoms with Crippen molar-refractivity contribution in [3.63, 3.8) is 0 Å². The van der Waals surface area contributed by atoms with Gasteiger partial charge in [0.25, 0.3) is 0 Å². The minimum Gasteiger partial charge on any atom is -1.00 e. The first-order chi connectivity index (χ1) is 5.13. The summed E-state index contributed by atoms with van der Waals surface area (Å²) in [7, 11) is 0. The Morgan fingerprint density at radius 2 is 2.17 bits per heavy atom. The van der Waals surface area contributed by atoms with Crippen LogP contribution >= 0.6 is 0 Å². The minimum atomic E-state index is -0.243. The molecule has 0 amide bonds. The van der Waals surface area contributed by atoms with E-state index < -0.39 is 0 Å². The molecule has 0 bridgehead atoms. The van der Waals surface area contributed by atoms with Gasteiger partial charge in [-0.25, -0.2) is 0 Å². The third-order valence-electron chi connectivity index (χ3n) is 1.32. The van der Waals surface area contributed by atoms with Gasteiger partial charge >= 0.3 is 57.4 Å². The Balaban J connectivity index is -0.000000500. The smallest absolute Gasteiger partial charge is 1.00 e. The molecular weight excluding hydrogens is 183 g/mol. The second-order valence-corrected chi connectivity index (χ2v) is 2.68. The van der Waals surface area contributed by atoms with Gasteiger partial charge in [0.05, 0.1) is 12.7 Å². The van der Waals surface area contributed by atoms with E-state index in [1.165, 1.54) is 6.92 Å². The summed E-state index contributed by atoms with van der Waals surface area (Å²) in [6.07, 6.45) is 2.28. The quantitative estimate of drug-likeness (QED) is 0.324. The van der Waals surface area contributed by atoms with Gasteiger partial charge in [0.1, 0.15) is 0 Å². The van der Waals surface area contributed by atoms with Gasteiger partial charge in [-0.2, -0.15) is 0 Å². The van der Waals surface area contributed by atoms with Crippen molar-refractivity contribution in [2.75, 3.05) is 6.61 Å². The molecule has 0 rings (SSSR count). The molecule has 0 aromatic rings. The van der Waals surface area contributed by atoms with Gasteiger partial charge in [-0.05, 0) is 26.2 Å². The third kappa shape index (κ3) is 13.6. The average Bonchev–Trinajstić information content (AvgIpc) is 1.85. The van der Waals surface area contributed by atoms with Gasteiger partial charge in [-0.1, -0.05) is 0 Å². The number of ether oxygens (including phenoxy) is 1. The first kappa shape index (κ1) is 15.5. The van der Waals surface area contributed by atoms with Crippen molar-refractivity contribution in [3.05, 3.63) is 0 Å². The molecule has 0 heterocycles. The first-order valence-electron chi connectivity index (χ1n) is 3.94. The van der Waals surface area contributed by atoms with Gasteiger partial charge in [0, 0.05) is 6.92 Å². The molecule has 1 atom stereocenters. The molecular formula is C8H17KO3. The third-order valence-corrected chi connectivity index (χ3v) is 1.32. The molecule has 0 radical (unpaired) electrons. The van der Waals surface area contributed by atoms with Crippen LogP contribution in [0.5, 0.6) is 0 Å². The van der Waals surface area contributed by atoms with Crippen molar-refractivity contribution in [1.82, 2.24) is 0 Å². The van der Waals surface area contributed by atoms with Crippen LogP contribution in [0.1, 0.15) is 34.5 Å². The molecule has 0 aliphatic heterocycles. The van der Waals surface area contributed by atoms with Crippen molar-refractivity contribution in [2.45, 2.75) is 39.2 Å². The summed E-state index contributed by atoms with van der Waals surface area (Å²) in [6, 6.07) is 0. The predicted octanol–water partition coefficient (Wildman–Crippen LogP) is -1.78. The molecule has 68 valence electrons. The zero-order chi connectivity index (χ0) is 8.69. The Morgan fingerprint density at radius 3 is 2.58 bits per heavy atom. The standard InChI is InChI=1S/C8H16O3.K.H/c1-7(9)5-3-4-6-11-8(2)10;;/h7,9H,3-6H2,1-2H3;;/q;+1;-1. The van der Waals surface area contributed by atoms with Gasteiger partial charge in [0.2, 0.25) is 0 Å². The molecule has 1 unspecified atom stereocenters. The molecule has 0 aliphatic rings. The van der Waals surface area contributed by atoms with Gasteiger partial charge in [-0.15, -0.1) is 0 Å². The maximum atomic E-state index is 10.3. The number of carbonyl (C=O) groups excluding carboxylic acids is 1. The SMILES string of the molecule is CC(=O)OCCCCC(C)O.[H-].[K+]. The Morgan fingerprint density at radius 1 is 1.58 bits per heavy atom. The minimum absolute atomic E-state index is 0. The molecule has 0 spiro atoms. The molecule has 3 nitrogen and oxygen atoms in total. The van der Waals surface area contributed by atoms with Gasteiger partial charge < -0.3 is 11.3 Å². The summed E-state index contributed by atoms with van der Waals surface area (Å²) in [5.41, 5.74) is 0. The number of aliphatic hydroxyl groups is 1. The van der Waals surface area contributed by atoms with E-state index in [1.54, 1.807) is 6.92 Å². The summed E-state index contributed by atoms with van der Waals surface area (Å²) >= 11 is 0. The fraction of sp³-hybridized carbons (Fsp3) is 0.875. The van der Waals surface area contributed by atoms with Crippen LogP contribution in [-0.4, -0.2) is 23.8 Å². The van der Waals surface area contributed by atoms with Crippen molar-refractivity contribution >= 4 is 5.97 Å². The van der Waals surface area contributed by atoms with E-state index in [-0.39, 0.29) is 64.9 Å². The van der Waals surface area contributed by atoms with Crippen molar-refractivity contribution in [1.29, 1.82) is 0 Å². The van der Waals surface area contributed by atoms with E-state index in [2.05, 4.69) is 0 Å². The Hall–Kier alpha value is 1.07. The Bertz CT molecular complexity index is 120. The summed E-state index contributed by atoms with van der Waals surface area (Å²) in [5.74, 6) is -0.234. The summed E-state index contributed by atoms with van der Waals surface area (Å²) in [6.45, 7) is 3.63. The van der Waals surface area contributed by atoms with Crippen LogP contribution in [-0.2, 0) is 9.53 Å². The normalized spacial score (nSPS) is 11.6. The number of hydrogen-bond donors (Lipinski definition) is 1. The van der Waals surface area contributed by atoms with E-state index in [0.29, 0.717) is 6.61 Å². The summed E-state index contributed by atoms with van der Waals surface area (Å²) in [5, 5.41) is 8.85. The molecule has 0 saturated carbocycles. The van der Waals surface area contributed by atoms with E-state index in [0.717, 1.165) is 19.3 Å². The van der Waals surface area contributed by atoms with E-state index in [4.69, 9.17) is 9.84 Å².